The zero-order chi connectivity index (χ0) is 12.5. The summed E-state index contributed by atoms with van der Waals surface area (Å²) in [5.74, 6) is 0.735. The van der Waals surface area contributed by atoms with Crippen molar-refractivity contribution in [1.82, 2.24) is 0 Å². The highest BCUT2D eigenvalue weighted by Crippen LogP contribution is 2.13. The number of rotatable bonds is 7. The Morgan fingerprint density at radius 3 is 2.53 bits per heavy atom. The summed E-state index contributed by atoms with van der Waals surface area (Å²) < 4.78 is 0. The maximum Gasteiger partial charge on any atom is 0.0417 e. The van der Waals surface area contributed by atoms with Gasteiger partial charge < -0.3 is 0 Å². The van der Waals surface area contributed by atoms with Crippen molar-refractivity contribution in [2.45, 2.75) is 39.5 Å². The topological polar surface area (TPSA) is 12.4 Å². The van der Waals surface area contributed by atoms with E-state index in [2.05, 4.69) is 18.8 Å². The first-order chi connectivity index (χ1) is 8.26. The lowest BCUT2D eigenvalue weighted by atomic mass is 10.00. The standard InChI is InChI=1S/C15H22ClN/c1-3-5-6-13(4-2)11-17-12-14-7-9-15(16)10-8-14/h7-10,12-13H,3-6,11H2,1-2H3/t13-/m0/s1. The first-order valence-corrected chi connectivity index (χ1v) is 6.89. The molecule has 0 bridgehead atoms. The van der Waals surface area contributed by atoms with Gasteiger partial charge in [-0.1, -0.05) is 56.8 Å². The van der Waals surface area contributed by atoms with Crippen molar-refractivity contribution in [3.63, 3.8) is 0 Å². The lowest BCUT2D eigenvalue weighted by molar-refractivity contribution is 0.463. The molecule has 0 spiro atoms. The Balaban J connectivity index is 2.39. The molecule has 0 saturated carbocycles. The third-order valence-electron chi connectivity index (χ3n) is 3.02. The SMILES string of the molecule is CCCC[C@H](CC)CN=Cc1ccc(Cl)cc1. The summed E-state index contributed by atoms with van der Waals surface area (Å²) in [6, 6.07) is 7.80. The van der Waals surface area contributed by atoms with Crippen LogP contribution in [0, 0.1) is 5.92 Å². The highest BCUT2D eigenvalue weighted by molar-refractivity contribution is 6.30. The average Bonchev–Trinajstić information content (AvgIpc) is 2.36. The second-order valence-corrected chi connectivity index (χ2v) is 4.90. The third-order valence-corrected chi connectivity index (χ3v) is 3.27. The van der Waals surface area contributed by atoms with Gasteiger partial charge in [-0.2, -0.15) is 0 Å². The van der Waals surface area contributed by atoms with Crippen molar-refractivity contribution in [2.24, 2.45) is 10.9 Å². The molecule has 1 aromatic carbocycles. The first-order valence-electron chi connectivity index (χ1n) is 6.51. The Kier molecular flexibility index (Phi) is 6.95. The minimum absolute atomic E-state index is 0.735. The lowest BCUT2D eigenvalue weighted by Crippen LogP contribution is -2.03. The molecule has 0 N–H and O–H groups in total. The van der Waals surface area contributed by atoms with Crippen molar-refractivity contribution < 1.29 is 0 Å². The van der Waals surface area contributed by atoms with Crippen LogP contribution < -0.4 is 0 Å². The van der Waals surface area contributed by atoms with E-state index in [1.54, 1.807) is 0 Å². The van der Waals surface area contributed by atoms with E-state index < -0.39 is 0 Å². The van der Waals surface area contributed by atoms with E-state index in [0.717, 1.165) is 23.0 Å². The quantitative estimate of drug-likeness (QED) is 0.607. The van der Waals surface area contributed by atoms with Crippen LogP contribution in [0.3, 0.4) is 0 Å². The maximum absolute atomic E-state index is 5.83. The number of unbranched alkanes of at least 4 members (excludes halogenated alkanes) is 1. The lowest BCUT2D eigenvalue weighted by Gasteiger charge is -2.10. The summed E-state index contributed by atoms with van der Waals surface area (Å²) in [6.45, 7) is 5.43. The Morgan fingerprint density at radius 2 is 1.94 bits per heavy atom. The molecule has 0 aliphatic heterocycles. The van der Waals surface area contributed by atoms with Crippen molar-refractivity contribution in [1.29, 1.82) is 0 Å². The van der Waals surface area contributed by atoms with Crippen molar-refractivity contribution in [3.8, 4) is 0 Å². The number of hydrogen-bond acceptors (Lipinski definition) is 1. The van der Waals surface area contributed by atoms with E-state index in [-0.39, 0.29) is 0 Å². The van der Waals surface area contributed by atoms with Gasteiger partial charge in [0.25, 0.3) is 0 Å². The maximum atomic E-state index is 5.83. The van der Waals surface area contributed by atoms with Gasteiger partial charge in [-0.25, -0.2) is 0 Å². The number of aliphatic imine (C=N–C) groups is 1. The fourth-order valence-electron chi connectivity index (χ4n) is 1.77. The molecule has 0 heterocycles. The average molecular weight is 252 g/mol. The highest BCUT2D eigenvalue weighted by Gasteiger charge is 2.03. The van der Waals surface area contributed by atoms with Gasteiger partial charge in [-0.05, 0) is 30.0 Å². The van der Waals surface area contributed by atoms with Gasteiger partial charge in [-0.3, -0.25) is 4.99 Å². The van der Waals surface area contributed by atoms with Crippen LogP contribution in [-0.2, 0) is 0 Å². The molecule has 1 rings (SSSR count). The molecular weight excluding hydrogens is 230 g/mol. The van der Waals surface area contributed by atoms with Crippen molar-refractivity contribution in [3.05, 3.63) is 34.9 Å². The van der Waals surface area contributed by atoms with Gasteiger partial charge in [0.05, 0.1) is 0 Å². The molecular formula is C15H22ClN. The zero-order valence-electron chi connectivity index (χ0n) is 10.8. The van der Waals surface area contributed by atoms with Gasteiger partial charge in [-0.15, -0.1) is 0 Å². The fraction of sp³-hybridized carbons (Fsp3) is 0.533. The summed E-state index contributed by atoms with van der Waals surface area (Å²) in [5.41, 5.74) is 1.12. The second-order valence-electron chi connectivity index (χ2n) is 4.46. The molecule has 0 aliphatic carbocycles. The number of halogens is 1. The molecule has 2 heteroatoms. The highest BCUT2D eigenvalue weighted by atomic mass is 35.5. The van der Waals surface area contributed by atoms with Crippen LogP contribution in [0.5, 0.6) is 0 Å². The van der Waals surface area contributed by atoms with E-state index in [1.165, 1.54) is 25.7 Å². The number of benzene rings is 1. The van der Waals surface area contributed by atoms with Crippen molar-refractivity contribution in [2.75, 3.05) is 6.54 Å². The van der Waals surface area contributed by atoms with Crippen LogP contribution in [0.15, 0.2) is 29.3 Å². The monoisotopic (exact) mass is 251 g/mol. The predicted octanol–water partition coefficient (Wildman–Crippen LogP) is 4.98. The van der Waals surface area contributed by atoms with Crippen LogP contribution in [0.2, 0.25) is 5.02 Å². The number of hydrogen-bond donors (Lipinski definition) is 0. The molecule has 0 radical (unpaired) electrons. The van der Waals surface area contributed by atoms with E-state index in [1.807, 2.05) is 30.5 Å². The second kappa shape index (κ2) is 8.30. The largest absolute Gasteiger partial charge is 0.292 e. The van der Waals surface area contributed by atoms with Crippen LogP contribution in [0.25, 0.3) is 0 Å². The van der Waals surface area contributed by atoms with E-state index in [4.69, 9.17) is 11.6 Å². The van der Waals surface area contributed by atoms with Crippen molar-refractivity contribution >= 4 is 17.8 Å². The van der Waals surface area contributed by atoms with Gasteiger partial charge in [0.1, 0.15) is 0 Å². The molecule has 94 valence electrons. The Bertz CT molecular complexity index is 329. The molecule has 1 atom stereocenters. The van der Waals surface area contributed by atoms with E-state index in [9.17, 15) is 0 Å². The normalized spacial score (nSPS) is 13.1. The van der Waals surface area contributed by atoms with Crippen LogP contribution in [-0.4, -0.2) is 12.8 Å². The fourth-order valence-corrected chi connectivity index (χ4v) is 1.90. The summed E-state index contributed by atoms with van der Waals surface area (Å²) in [6.07, 6.45) is 7.06. The smallest absolute Gasteiger partial charge is 0.0417 e. The molecule has 0 amide bonds. The van der Waals surface area contributed by atoms with Crippen LogP contribution in [0.1, 0.15) is 45.1 Å². The predicted molar refractivity (Wildman–Crippen MR) is 77.2 cm³/mol. The molecule has 17 heavy (non-hydrogen) atoms. The summed E-state index contributed by atoms with van der Waals surface area (Å²) >= 11 is 5.83. The molecule has 0 fully saturated rings. The Labute approximate surface area is 110 Å². The van der Waals surface area contributed by atoms with E-state index >= 15 is 0 Å². The third kappa shape index (κ3) is 5.88. The Morgan fingerprint density at radius 1 is 1.24 bits per heavy atom. The van der Waals surface area contributed by atoms with Crippen LogP contribution in [0.4, 0.5) is 0 Å². The number of nitrogens with zero attached hydrogens (tertiary/aromatic N) is 1. The molecule has 0 unspecified atom stereocenters. The summed E-state index contributed by atoms with van der Waals surface area (Å²) in [5, 5.41) is 0.775. The zero-order valence-corrected chi connectivity index (χ0v) is 11.6. The van der Waals surface area contributed by atoms with Gasteiger partial charge >= 0.3 is 0 Å². The van der Waals surface area contributed by atoms with Crippen LogP contribution >= 0.6 is 11.6 Å². The molecule has 1 aromatic rings. The summed E-state index contributed by atoms with van der Waals surface area (Å²) in [7, 11) is 0. The molecule has 0 saturated heterocycles. The molecule has 1 nitrogen and oxygen atoms in total. The van der Waals surface area contributed by atoms with Gasteiger partial charge in [0.2, 0.25) is 0 Å². The van der Waals surface area contributed by atoms with Gasteiger partial charge in [0, 0.05) is 17.8 Å². The Hall–Kier alpha value is -0.820. The minimum Gasteiger partial charge on any atom is -0.292 e. The molecule has 0 aliphatic rings. The van der Waals surface area contributed by atoms with E-state index in [0.29, 0.717) is 0 Å². The van der Waals surface area contributed by atoms with Gasteiger partial charge in [0.15, 0.2) is 0 Å². The molecule has 0 aromatic heterocycles. The minimum atomic E-state index is 0.735. The summed E-state index contributed by atoms with van der Waals surface area (Å²) in [4.78, 5) is 4.53. The first kappa shape index (κ1) is 14.2.